The Balaban J connectivity index is 0.00000109. The lowest BCUT2D eigenvalue weighted by Gasteiger charge is -2.36. The lowest BCUT2D eigenvalue weighted by molar-refractivity contribution is -0.123. The van der Waals surface area contributed by atoms with E-state index in [1.807, 2.05) is 0 Å². The van der Waals surface area contributed by atoms with E-state index >= 15 is 0 Å². The number of carbonyl (C=O) groups is 1. The molecule has 1 saturated heterocycles. The molecule has 3 rings (SSSR count). The van der Waals surface area contributed by atoms with Crippen LogP contribution in [0.2, 0.25) is 0 Å². The summed E-state index contributed by atoms with van der Waals surface area (Å²) in [5.74, 6) is 1.19. The quantitative estimate of drug-likeness (QED) is 0.862. The van der Waals surface area contributed by atoms with Crippen molar-refractivity contribution in [3.05, 3.63) is 23.8 Å². The lowest BCUT2D eigenvalue weighted by atomic mass is 9.97. The van der Waals surface area contributed by atoms with Crippen molar-refractivity contribution in [2.45, 2.75) is 39.7 Å². The van der Waals surface area contributed by atoms with Crippen molar-refractivity contribution in [2.24, 2.45) is 11.8 Å². The van der Waals surface area contributed by atoms with Gasteiger partial charge in [0.15, 0.2) is 0 Å². The number of aliphatic hydroxyl groups is 1. The summed E-state index contributed by atoms with van der Waals surface area (Å²) in [5, 5.41) is 10.1. The zero-order valence-corrected chi connectivity index (χ0v) is 16.2. The smallest absolute Gasteiger partial charge is 0.242 e. The molecule has 0 aromatic heterocycles. The molecule has 1 aromatic rings. The topological polar surface area (TPSA) is 55.8 Å². The fourth-order valence-electron chi connectivity index (χ4n) is 3.96. The van der Waals surface area contributed by atoms with E-state index in [0.717, 1.165) is 39.1 Å². The highest BCUT2D eigenvalue weighted by molar-refractivity contribution is 5.86. The van der Waals surface area contributed by atoms with Crippen LogP contribution >= 0.6 is 0 Å². The van der Waals surface area contributed by atoms with E-state index in [9.17, 15) is 4.79 Å². The van der Waals surface area contributed by atoms with Crippen molar-refractivity contribution in [2.75, 3.05) is 43.6 Å². The highest BCUT2D eigenvalue weighted by atomic mass is 16.2. The highest BCUT2D eigenvalue weighted by Gasteiger charge is 2.30. The number of nitrogens with one attached hydrogen (secondary N) is 1. The summed E-state index contributed by atoms with van der Waals surface area (Å²) in [4.78, 5) is 17.1. The maximum atomic E-state index is 12.4. The molecular weight excluding hydrogens is 314 g/mol. The Labute approximate surface area is 152 Å². The van der Waals surface area contributed by atoms with Crippen molar-refractivity contribution < 1.29 is 9.90 Å². The molecule has 0 radical (unpaired) electrons. The van der Waals surface area contributed by atoms with Crippen LogP contribution in [0.4, 0.5) is 11.4 Å². The van der Waals surface area contributed by atoms with E-state index in [-0.39, 0.29) is 17.9 Å². The number of anilines is 2. The Morgan fingerprint density at radius 3 is 2.60 bits per heavy atom. The number of benzene rings is 1. The van der Waals surface area contributed by atoms with Gasteiger partial charge in [-0.1, -0.05) is 26.8 Å². The zero-order valence-electron chi connectivity index (χ0n) is 16.2. The van der Waals surface area contributed by atoms with Crippen LogP contribution in [-0.2, 0) is 11.2 Å². The normalized spacial score (nSPS) is 23.4. The van der Waals surface area contributed by atoms with Crippen molar-refractivity contribution in [3.8, 4) is 0 Å². The average molecular weight is 348 g/mol. The summed E-state index contributed by atoms with van der Waals surface area (Å²) in [6.45, 7) is 9.55. The van der Waals surface area contributed by atoms with Crippen LogP contribution in [0.1, 0.15) is 32.8 Å². The van der Waals surface area contributed by atoms with Gasteiger partial charge >= 0.3 is 0 Å². The maximum Gasteiger partial charge on any atom is 0.242 e. The zero-order chi connectivity index (χ0) is 18.6. The van der Waals surface area contributed by atoms with Crippen molar-refractivity contribution in [3.63, 3.8) is 0 Å². The number of rotatable bonds is 2. The van der Waals surface area contributed by atoms with Crippen LogP contribution in [0.5, 0.6) is 0 Å². The summed E-state index contributed by atoms with van der Waals surface area (Å²) in [5.41, 5.74) is 3.84. The minimum atomic E-state index is -0.109. The highest BCUT2D eigenvalue weighted by Crippen LogP contribution is 2.32. The second-order valence-electron chi connectivity index (χ2n) is 7.49. The number of nitrogens with zero attached hydrogens (tertiary/aromatic N) is 2. The minimum absolute atomic E-state index is 0.109. The molecule has 1 fully saturated rings. The van der Waals surface area contributed by atoms with Gasteiger partial charge in [0.2, 0.25) is 5.91 Å². The summed E-state index contributed by atoms with van der Waals surface area (Å²) in [7, 11) is 3.06. The second-order valence-corrected chi connectivity index (χ2v) is 7.49. The molecule has 5 heteroatoms. The number of likely N-dealkylation sites (N-methyl/N-ethyl adjacent to an activating group) is 1. The monoisotopic (exact) mass is 347 g/mol. The van der Waals surface area contributed by atoms with Crippen LogP contribution in [-0.4, -0.2) is 50.8 Å². The first kappa shape index (κ1) is 19.6. The Morgan fingerprint density at radius 1 is 1.28 bits per heavy atom. The molecule has 2 atom stereocenters. The molecule has 140 valence electrons. The Kier molecular flexibility index (Phi) is 6.71. The van der Waals surface area contributed by atoms with E-state index in [1.165, 1.54) is 23.4 Å². The number of amides is 1. The molecule has 2 aliphatic heterocycles. The summed E-state index contributed by atoms with van der Waals surface area (Å²) in [6, 6.07) is 6.68. The molecule has 2 heterocycles. The van der Waals surface area contributed by atoms with Gasteiger partial charge in [0.25, 0.3) is 0 Å². The summed E-state index contributed by atoms with van der Waals surface area (Å²) in [6.07, 6.45) is 2.16. The fourth-order valence-corrected chi connectivity index (χ4v) is 3.96. The molecule has 2 unspecified atom stereocenters. The Morgan fingerprint density at radius 2 is 2.00 bits per heavy atom. The molecule has 5 nitrogen and oxygen atoms in total. The van der Waals surface area contributed by atoms with E-state index in [0.29, 0.717) is 0 Å². The van der Waals surface area contributed by atoms with Gasteiger partial charge in [-0.2, -0.15) is 0 Å². The van der Waals surface area contributed by atoms with Crippen molar-refractivity contribution >= 4 is 17.3 Å². The molecule has 0 saturated carbocycles. The number of aliphatic hydroxyl groups excluding tert-OH is 1. The SMILES string of the molecule is CC1CCN(c2ccc3c(c2)N(C)C(C(C)C)C(=O)NCC3)C1.CO. The molecule has 1 aromatic carbocycles. The fraction of sp³-hybridized carbons (Fsp3) is 0.650. The predicted molar refractivity (Wildman–Crippen MR) is 104 cm³/mol. The summed E-state index contributed by atoms with van der Waals surface area (Å²) >= 11 is 0. The van der Waals surface area contributed by atoms with E-state index in [4.69, 9.17) is 5.11 Å². The average Bonchev–Trinajstić information content (AvgIpc) is 3.02. The number of hydrogen-bond acceptors (Lipinski definition) is 4. The van der Waals surface area contributed by atoms with Crippen molar-refractivity contribution in [1.82, 2.24) is 5.32 Å². The van der Waals surface area contributed by atoms with Crippen LogP contribution < -0.4 is 15.1 Å². The van der Waals surface area contributed by atoms with Crippen molar-refractivity contribution in [1.29, 1.82) is 0 Å². The Bertz CT molecular complexity index is 588. The van der Waals surface area contributed by atoms with Crippen LogP contribution in [0, 0.1) is 11.8 Å². The number of fused-ring (bicyclic) bond motifs is 1. The third-order valence-corrected chi connectivity index (χ3v) is 5.25. The largest absolute Gasteiger partial charge is 0.400 e. The molecule has 1 amide bonds. The van der Waals surface area contributed by atoms with Crippen LogP contribution in [0.15, 0.2) is 18.2 Å². The predicted octanol–water partition coefficient (Wildman–Crippen LogP) is 2.27. The first-order valence-electron chi connectivity index (χ1n) is 9.30. The minimum Gasteiger partial charge on any atom is -0.400 e. The first-order valence-corrected chi connectivity index (χ1v) is 9.30. The van der Waals surface area contributed by atoms with E-state index < -0.39 is 0 Å². The third-order valence-electron chi connectivity index (χ3n) is 5.25. The first-order chi connectivity index (χ1) is 12.0. The molecule has 0 bridgehead atoms. The molecule has 2 N–H and O–H groups in total. The van der Waals surface area contributed by atoms with Crippen LogP contribution in [0.3, 0.4) is 0 Å². The maximum absolute atomic E-state index is 12.4. The van der Waals surface area contributed by atoms with Gasteiger partial charge in [0.05, 0.1) is 0 Å². The van der Waals surface area contributed by atoms with Gasteiger partial charge in [0.1, 0.15) is 6.04 Å². The molecular formula is C20H33N3O2. The summed E-state index contributed by atoms with van der Waals surface area (Å²) < 4.78 is 0. The molecule has 0 aliphatic carbocycles. The number of carbonyl (C=O) groups excluding carboxylic acids is 1. The van der Waals surface area contributed by atoms with Gasteiger partial charge in [0, 0.05) is 45.2 Å². The van der Waals surface area contributed by atoms with E-state index in [2.05, 4.69) is 61.1 Å². The lowest BCUT2D eigenvalue weighted by Crippen LogP contribution is -2.50. The van der Waals surface area contributed by atoms with E-state index in [1.54, 1.807) is 0 Å². The molecule has 2 aliphatic rings. The van der Waals surface area contributed by atoms with Gasteiger partial charge in [-0.3, -0.25) is 4.79 Å². The van der Waals surface area contributed by atoms with Gasteiger partial charge in [-0.15, -0.1) is 0 Å². The second kappa shape index (κ2) is 8.56. The standard InChI is InChI=1S/C19H29N3O.CH4O/c1-13(2)18-19(23)20-9-7-15-5-6-16(11-17(15)21(18)4)22-10-8-14(3)12-22;1-2/h5-6,11,13-14,18H,7-10,12H2,1-4H3,(H,20,23);2H,1H3. The molecule has 25 heavy (non-hydrogen) atoms. The number of hydrogen-bond donors (Lipinski definition) is 2. The Hall–Kier alpha value is -1.75. The van der Waals surface area contributed by atoms with Gasteiger partial charge in [-0.25, -0.2) is 0 Å². The third kappa shape index (κ3) is 4.27. The molecule has 0 spiro atoms. The van der Waals surface area contributed by atoms with Gasteiger partial charge in [-0.05, 0) is 42.4 Å². The van der Waals surface area contributed by atoms with Gasteiger partial charge < -0.3 is 20.2 Å². The van der Waals surface area contributed by atoms with Crippen LogP contribution in [0.25, 0.3) is 0 Å².